The average molecular weight is 385 g/mol. The van der Waals surface area contributed by atoms with E-state index in [-0.39, 0.29) is 11.5 Å². The number of nitrogens with zero attached hydrogens (tertiary/aromatic N) is 4. The third-order valence-electron chi connectivity index (χ3n) is 5.14. The summed E-state index contributed by atoms with van der Waals surface area (Å²) in [5.74, 6) is 0.812. The Balaban J connectivity index is 1.55. The largest absolute Gasteiger partial charge is 0.328 e. The highest BCUT2D eigenvalue weighted by atomic mass is 16.2. The maximum Gasteiger partial charge on any atom is 0.255 e. The minimum absolute atomic E-state index is 0.125. The number of aryl methyl sites for hydroxylation is 1. The van der Waals surface area contributed by atoms with Crippen LogP contribution in [0.5, 0.6) is 0 Å². The number of aromatic nitrogens is 4. The van der Waals surface area contributed by atoms with Gasteiger partial charge in [0.05, 0.1) is 30.0 Å². The van der Waals surface area contributed by atoms with Gasteiger partial charge in [0.1, 0.15) is 5.82 Å². The van der Waals surface area contributed by atoms with Gasteiger partial charge in [-0.3, -0.25) is 9.59 Å². The summed E-state index contributed by atoms with van der Waals surface area (Å²) < 4.78 is 3.97. The first-order chi connectivity index (χ1) is 14.1. The van der Waals surface area contributed by atoms with E-state index < -0.39 is 0 Å². The van der Waals surface area contributed by atoms with Crippen LogP contribution in [0.3, 0.4) is 0 Å². The molecule has 0 spiro atoms. The molecule has 0 saturated carbocycles. The van der Waals surface area contributed by atoms with Gasteiger partial charge in [0, 0.05) is 30.2 Å². The molecule has 1 aliphatic rings. The van der Waals surface area contributed by atoms with Crippen LogP contribution < -0.4 is 5.56 Å². The number of fused-ring (bicyclic) bond motifs is 1. The molecule has 0 aliphatic carbocycles. The number of carbonyl (C=O) groups excluding carboxylic acids is 1. The van der Waals surface area contributed by atoms with Crippen LogP contribution in [-0.4, -0.2) is 30.1 Å². The molecule has 4 heterocycles. The monoisotopic (exact) mass is 385 g/mol. The normalized spacial score (nSPS) is 12.9. The third-order valence-corrected chi connectivity index (χ3v) is 5.14. The zero-order valence-electron chi connectivity index (χ0n) is 15.9. The molecular weight excluding hydrogens is 366 g/mol. The summed E-state index contributed by atoms with van der Waals surface area (Å²) in [6.07, 6.45) is 5.42. The molecule has 0 fully saturated rings. The van der Waals surface area contributed by atoms with E-state index in [1.165, 1.54) is 12.3 Å². The molecule has 0 bridgehead atoms. The van der Waals surface area contributed by atoms with Crippen LogP contribution in [0, 0.1) is 6.92 Å². The zero-order chi connectivity index (χ0) is 20.0. The van der Waals surface area contributed by atoms with Crippen molar-refractivity contribution in [2.45, 2.75) is 20.0 Å². The number of hydrogen-bond donors (Lipinski definition) is 1. The van der Waals surface area contributed by atoms with Gasteiger partial charge < -0.3 is 14.5 Å². The molecule has 0 saturated heterocycles. The molecule has 0 unspecified atom stereocenters. The number of H-pyrrole nitrogens is 1. The number of amides is 1. The summed E-state index contributed by atoms with van der Waals surface area (Å²) in [5.41, 5.74) is 4.29. The fourth-order valence-electron chi connectivity index (χ4n) is 3.75. The second-order valence-electron chi connectivity index (χ2n) is 7.19. The lowest BCUT2D eigenvalue weighted by atomic mass is 10.2. The number of pyridine rings is 1. The lowest BCUT2D eigenvalue weighted by Gasteiger charge is -2.17. The molecule has 29 heavy (non-hydrogen) atoms. The molecule has 0 atom stereocenters. The summed E-state index contributed by atoms with van der Waals surface area (Å²) in [6, 6.07) is 15.1. The Morgan fingerprint density at radius 1 is 1.07 bits per heavy atom. The van der Waals surface area contributed by atoms with E-state index in [2.05, 4.69) is 24.0 Å². The first-order valence-electron chi connectivity index (χ1n) is 9.39. The molecule has 144 valence electrons. The Hall–Kier alpha value is -3.87. The molecule has 3 aromatic heterocycles. The molecule has 0 radical (unpaired) electrons. The van der Waals surface area contributed by atoms with Crippen molar-refractivity contribution < 1.29 is 4.79 Å². The van der Waals surface area contributed by atoms with Gasteiger partial charge in [-0.15, -0.1) is 0 Å². The lowest BCUT2D eigenvalue weighted by Crippen LogP contribution is -2.27. The van der Waals surface area contributed by atoms with E-state index >= 15 is 0 Å². The molecular formula is C22H19N5O2. The van der Waals surface area contributed by atoms with Crippen LogP contribution in [-0.2, 0) is 13.1 Å². The highest BCUT2D eigenvalue weighted by molar-refractivity contribution is 5.94. The Kier molecular flexibility index (Phi) is 3.94. The Morgan fingerprint density at radius 3 is 2.62 bits per heavy atom. The van der Waals surface area contributed by atoms with Crippen LogP contribution in [0.1, 0.15) is 27.2 Å². The molecule has 1 N–H and O–H groups in total. The first-order valence-corrected chi connectivity index (χ1v) is 9.39. The van der Waals surface area contributed by atoms with Gasteiger partial charge >= 0.3 is 0 Å². The number of aromatic amines is 1. The predicted molar refractivity (Wildman–Crippen MR) is 108 cm³/mol. The summed E-state index contributed by atoms with van der Waals surface area (Å²) in [7, 11) is 0. The summed E-state index contributed by atoms with van der Waals surface area (Å²) in [5, 5.41) is 4.84. The number of carbonyl (C=O) groups is 1. The van der Waals surface area contributed by atoms with Crippen molar-refractivity contribution in [1.82, 2.24) is 24.2 Å². The van der Waals surface area contributed by atoms with Crippen LogP contribution >= 0.6 is 0 Å². The molecule has 5 rings (SSSR count). The van der Waals surface area contributed by atoms with E-state index in [0.717, 1.165) is 28.3 Å². The molecule has 7 heteroatoms. The van der Waals surface area contributed by atoms with E-state index in [1.807, 2.05) is 45.9 Å². The molecule has 1 aliphatic heterocycles. The zero-order valence-corrected chi connectivity index (χ0v) is 15.9. The van der Waals surface area contributed by atoms with E-state index in [0.29, 0.717) is 18.7 Å². The van der Waals surface area contributed by atoms with Crippen molar-refractivity contribution in [3.8, 4) is 11.5 Å². The highest BCUT2D eigenvalue weighted by Crippen LogP contribution is 2.31. The van der Waals surface area contributed by atoms with Gasteiger partial charge in [0.15, 0.2) is 0 Å². The van der Waals surface area contributed by atoms with Gasteiger partial charge in [0.2, 0.25) is 5.56 Å². The van der Waals surface area contributed by atoms with Crippen molar-refractivity contribution in [3.05, 3.63) is 99.9 Å². The minimum atomic E-state index is -0.226. The lowest BCUT2D eigenvalue weighted by molar-refractivity contribution is 0.0748. The summed E-state index contributed by atoms with van der Waals surface area (Å²) in [6.45, 7) is 2.95. The third kappa shape index (κ3) is 2.97. The minimum Gasteiger partial charge on any atom is -0.328 e. The second-order valence-corrected chi connectivity index (χ2v) is 7.19. The van der Waals surface area contributed by atoms with Crippen LogP contribution in [0.25, 0.3) is 11.5 Å². The van der Waals surface area contributed by atoms with Crippen LogP contribution in [0.15, 0.2) is 71.9 Å². The fourth-order valence-corrected chi connectivity index (χ4v) is 3.75. The average Bonchev–Trinajstić information content (AvgIpc) is 3.44. The summed E-state index contributed by atoms with van der Waals surface area (Å²) >= 11 is 0. The van der Waals surface area contributed by atoms with Gasteiger partial charge in [-0.25, -0.2) is 4.68 Å². The van der Waals surface area contributed by atoms with Crippen molar-refractivity contribution in [1.29, 1.82) is 0 Å². The van der Waals surface area contributed by atoms with Crippen molar-refractivity contribution in [3.63, 3.8) is 0 Å². The van der Waals surface area contributed by atoms with Gasteiger partial charge in [0.25, 0.3) is 5.91 Å². The molecule has 7 nitrogen and oxygen atoms in total. The standard InChI is InChI=1S/C22H19N5O2/c1-15-5-4-6-17(11-15)27-21(25-9-2-3-10-25)18-13-26(14-19(18)24-27)22(29)16-7-8-20(28)23-12-16/h2-12H,13-14H2,1H3,(H,23,28). The van der Waals surface area contributed by atoms with Gasteiger partial charge in [-0.1, -0.05) is 12.1 Å². The fraction of sp³-hybridized carbons (Fsp3) is 0.136. The van der Waals surface area contributed by atoms with E-state index in [9.17, 15) is 9.59 Å². The van der Waals surface area contributed by atoms with Crippen molar-refractivity contribution >= 4 is 5.91 Å². The number of nitrogens with one attached hydrogen (secondary N) is 1. The molecule has 4 aromatic rings. The number of benzene rings is 1. The number of hydrogen-bond acceptors (Lipinski definition) is 3. The maximum atomic E-state index is 12.9. The maximum absolute atomic E-state index is 12.9. The van der Waals surface area contributed by atoms with Crippen molar-refractivity contribution in [2.75, 3.05) is 0 Å². The predicted octanol–water partition coefficient (Wildman–Crippen LogP) is 2.82. The Morgan fingerprint density at radius 2 is 1.90 bits per heavy atom. The van der Waals surface area contributed by atoms with Gasteiger partial charge in [-0.2, -0.15) is 5.10 Å². The van der Waals surface area contributed by atoms with E-state index in [4.69, 9.17) is 5.10 Å². The second kappa shape index (κ2) is 6.63. The van der Waals surface area contributed by atoms with Crippen LogP contribution in [0.2, 0.25) is 0 Å². The number of rotatable bonds is 3. The Labute approximate surface area is 166 Å². The SMILES string of the molecule is Cc1cccc(-n2nc3c(c2-n2cccc2)CN(C(=O)c2ccc(=O)[nH]c2)C3)c1. The smallest absolute Gasteiger partial charge is 0.255 e. The molecule has 1 amide bonds. The summed E-state index contributed by atoms with van der Waals surface area (Å²) in [4.78, 5) is 28.5. The topological polar surface area (TPSA) is 75.9 Å². The van der Waals surface area contributed by atoms with E-state index in [1.54, 1.807) is 11.0 Å². The van der Waals surface area contributed by atoms with Crippen molar-refractivity contribution in [2.24, 2.45) is 0 Å². The molecule has 1 aromatic carbocycles. The first kappa shape index (κ1) is 17.2. The highest BCUT2D eigenvalue weighted by Gasteiger charge is 2.31. The Bertz CT molecular complexity index is 1250. The van der Waals surface area contributed by atoms with Gasteiger partial charge in [-0.05, 0) is 42.8 Å². The van der Waals surface area contributed by atoms with Crippen LogP contribution in [0.4, 0.5) is 0 Å². The quantitative estimate of drug-likeness (QED) is 0.589.